The Morgan fingerprint density at radius 1 is 1.28 bits per heavy atom. The molecule has 0 spiro atoms. The van der Waals surface area contributed by atoms with Gasteiger partial charge in [0.25, 0.3) is 0 Å². The van der Waals surface area contributed by atoms with Gasteiger partial charge in [-0.2, -0.15) is 0 Å². The van der Waals surface area contributed by atoms with E-state index in [-0.39, 0.29) is 17.7 Å². The molecule has 1 aliphatic rings. The summed E-state index contributed by atoms with van der Waals surface area (Å²) in [5.74, 6) is -0.910. The van der Waals surface area contributed by atoms with Gasteiger partial charge in [0.1, 0.15) is 5.92 Å². The number of hydrogen-bond donors (Lipinski definition) is 0. The number of rotatable bonds is 5. The molecule has 0 saturated heterocycles. The molecule has 3 nitrogen and oxygen atoms in total. The minimum absolute atomic E-state index is 0.0984. The van der Waals surface area contributed by atoms with Crippen LogP contribution in [0.25, 0.3) is 0 Å². The Labute approximate surface area is 107 Å². The van der Waals surface area contributed by atoms with Crippen molar-refractivity contribution in [3.63, 3.8) is 0 Å². The van der Waals surface area contributed by atoms with E-state index >= 15 is 0 Å². The normalized spacial score (nSPS) is 16.7. The lowest BCUT2D eigenvalue weighted by Crippen LogP contribution is -2.36. The minimum atomic E-state index is -0.610. The van der Waals surface area contributed by atoms with Crippen molar-refractivity contribution in [1.29, 1.82) is 0 Å². The maximum atomic E-state index is 12.4. The first kappa shape index (κ1) is 12.8. The molecular weight excluding hydrogens is 228 g/mol. The first-order valence-electron chi connectivity index (χ1n) is 6.50. The van der Waals surface area contributed by atoms with Crippen LogP contribution in [0.4, 0.5) is 0 Å². The third kappa shape index (κ3) is 2.61. The summed E-state index contributed by atoms with van der Waals surface area (Å²) in [7, 11) is 0. The molecular formula is C15H18O3. The van der Waals surface area contributed by atoms with Gasteiger partial charge in [-0.15, -0.1) is 0 Å². The van der Waals surface area contributed by atoms with Crippen molar-refractivity contribution in [1.82, 2.24) is 0 Å². The second kappa shape index (κ2) is 5.80. The number of hydrogen-bond acceptors (Lipinski definition) is 3. The Kier molecular flexibility index (Phi) is 4.13. The van der Waals surface area contributed by atoms with Crippen molar-refractivity contribution < 1.29 is 14.3 Å². The van der Waals surface area contributed by atoms with Gasteiger partial charge in [-0.1, -0.05) is 36.8 Å². The van der Waals surface area contributed by atoms with E-state index in [1.54, 1.807) is 19.1 Å². The van der Waals surface area contributed by atoms with E-state index in [0.717, 1.165) is 19.3 Å². The summed E-state index contributed by atoms with van der Waals surface area (Å²) >= 11 is 0. The minimum Gasteiger partial charge on any atom is -0.465 e. The molecule has 0 aromatic heterocycles. The van der Waals surface area contributed by atoms with E-state index < -0.39 is 5.92 Å². The van der Waals surface area contributed by atoms with Crippen LogP contribution in [0.15, 0.2) is 30.3 Å². The van der Waals surface area contributed by atoms with Crippen molar-refractivity contribution in [2.45, 2.75) is 26.2 Å². The smallest absolute Gasteiger partial charge is 0.317 e. The molecule has 0 heterocycles. The Balaban J connectivity index is 2.18. The monoisotopic (exact) mass is 246 g/mol. The number of carbonyl (C=O) groups excluding carboxylic acids is 2. The highest BCUT2D eigenvalue weighted by atomic mass is 16.5. The predicted molar refractivity (Wildman–Crippen MR) is 68.2 cm³/mol. The van der Waals surface area contributed by atoms with Crippen LogP contribution < -0.4 is 0 Å². The van der Waals surface area contributed by atoms with Gasteiger partial charge in [-0.3, -0.25) is 9.59 Å². The second-order valence-corrected chi connectivity index (χ2v) is 4.65. The van der Waals surface area contributed by atoms with Crippen molar-refractivity contribution in [2.75, 3.05) is 6.61 Å². The fourth-order valence-corrected chi connectivity index (χ4v) is 2.30. The number of ketones is 1. The van der Waals surface area contributed by atoms with Crippen LogP contribution in [0.2, 0.25) is 0 Å². The molecule has 0 radical (unpaired) electrons. The Bertz CT molecular complexity index is 421. The molecule has 0 aliphatic heterocycles. The number of esters is 1. The van der Waals surface area contributed by atoms with Crippen LogP contribution >= 0.6 is 0 Å². The highest BCUT2D eigenvalue weighted by molar-refractivity contribution is 6.08. The zero-order chi connectivity index (χ0) is 13.0. The van der Waals surface area contributed by atoms with Crippen LogP contribution in [0.3, 0.4) is 0 Å². The average Bonchev–Trinajstić information content (AvgIpc) is 2.34. The third-order valence-corrected chi connectivity index (χ3v) is 3.50. The predicted octanol–water partition coefficient (Wildman–Crippen LogP) is 2.85. The van der Waals surface area contributed by atoms with Gasteiger partial charge in [-0.25, -0.2) is 0 Å². The zero-order valence-corrected chi connectivity index (χ0v) is 10.6. The van der Waals surface area contributed by atoms with Crippen LogP contribution in [0, 0.1) is 11.8 Å². The average molecular weight is 246 g/mol. The fourth-order valence-electron chi connectivity index (χ4n) is 2.30. The van der Waals surface area contributed by atoms with Gasteiger partial charge in [0, 0.05) is 5.56 Å². The van der Waals surface area contributed by atoms with Crippen molar-refractivity contribution in [2.24, 2.45) is 11.8 Å². The van der Waals surface area contributed by atoms with Crippen LogP contribution in [-0.4, -0.2) is 18.4 Å². The number of ether oxygens (including phenoxy) is 1. The zero-order valence-electron chi connectivity index (χ0n) is 10.6. The first-order chi connectivity index (χ1) is 8.74. The molecule has 18 heavy (non-hydrogen) atoms. The lowest BCUT2D eigenvalue weighted by atomic mass is 9.73. The van der Waals surface area contributed by atoms with Gasteiger partial charge in [0.15, 0.2) is 5.78 Å². The number of carbonyl (C=O) groups is 2. The molecule has 2 rings (SSSR count). The van der Waals surface area contributed by atoms with E-state index in [0.29, 0.717) is 12.2 Å². The fraction of sp³-hybridized carbons (Fsp3) is 0.467. The summed E-state index contributed by atoms with van der Waals surface area (Å²) in [6.07, 6.45) is 2.99. The number of benzene rings is 1. The van der Waals surface area contributed by atoms with Crippen molar-refractivity contribution >= 4 is 11.8 Å². The molecule has 1 atom stereocenters. The van der Waals surface area contributed by atoms with Crippen LogP contribution in [0.1, 0.15) is 36.5 Å². The third-order valence-electron chi connectivity index (χ3n) is 3.50. The molecule has 0 bridgehead atoms. The van der Waals surface area contributed by atoms with Gasteiger partial charge >= 0.3 is 5.97 Å². The van der Waals surface area contributed by atoms with E-state index in [4.69, 9.17) is 4.74 Å². The summed E-state index contributed by atoms with van der Waals surface area (Å²) < 4.78 is 5.04. The molecule has 1 saturated carbocycles. The Morgan fingerprint density at radius 3 is 2.44 bits per heavy atom. The molecule has 0 N–H and O–H groups in total. The second-order valence-electron chi connectivity index (χ2n) is 4.65. The SMILES string of the molecule is CCOC(=O)C(C(=O)c1ccccc1)C1CCC1. The molecule has 1 fully saturated rings. The maximum absolute atomic E-state index is 12.4. The van der Waals surface area contributed by atoms with Gasteiger partial charge in [0.2, 0.25) is 0 Å². The molecule has 1 aromatic carbocycles. The van der Waals surface area contributed by atoms with Crippen LogP contribution in [0.5, 0.6) is 0 Å². The topological polar surface area (TPSA) is 43.4 Å². The molecule has 1 aliphatic carbocycles. The summed E-state index contributed by atoms with van der Waals surface area (Å²) in [6, 6.07) is 9.01. The standard InChI is InChI=1S/C15H18O3/c1-2-18-15(17)13(11-9-6-10-11)14(16)12-7-4-3-5-8-12/h3-5,7-8,11,13H,2,6,9-10H2,1H3. The quantitative estimate of drug-likeness (QED) is 0.456. The van der Waals surface area contributed by atoms with Crippen molar-refractivity contribution in [3.05, 3.63) is 35.9 Å². The maximum Gasteiger partial charge on any atom is 0.317 e. The van der Waals surface area contributed by atoms with E-state index in [2.05, 4.69) is 0 Å². The molecule has 1 unspecified atom stereocenters. The van der Waals surface area contributed by atoms with Gasteiger partial charge in [-0.05, 0) is 25.7 Å². The number of Topliss-reactive ketones (excluding diaryl/α,β-unsaturated/α-hetero) is 1. The highest BCUT2D eigenvalue weighted by Gasteiger charge is 2.39. The summed E-state index contributed by atoms with van der Waals surface area (Å²) in [6.45, 7) is 2.09. The Hall–Kier alpha value is -1.64. The lowest BCUT2D eigenvalue weighted by molar-refractivity contribution is -0.148. The molecule has 3 heteroatoms. The summed E-state index contributed by atoms with van der Waals surface area (Å²) in [4.78, 5) is 24.3. The summed E-state index contributed by atoms with van der Waals surface area (Å²) in [5, 5.41) is 0. The largest absolute Gasteiger partial charge is 0.465 e. The van der Waals surface area contributed by atoms with Crippen molar-refractivity contribution in [3.8, 4) is 0 Å². The molecule has 1 aromatic rings. The van der Waals surface area contributed by atoms with E-state index in [1.165, 1.54) is 0 Å². The Morgan fingerprint density at radius 2 is 1.94 bits per heavy atom. The molecule has 96 valence electrons. The van der Waals surface area contributed by atoms with E-state index in [1.807, 2.05) is 18.2 Å². The summed E-state index contributed by atoms with van der Waals surface area (Å²) in [5.41, 5.74) is 0.599. The van der Waals surface area contributed by atoms with Crippen LogP contribution in [-0.2, 0) is 9.53 Å². The first-order valence-corrected chi connectivity index (χ1v) is 6.50. The highest BCUT2D eigenvalue weighted by Crippen LogP contribution is 2.36. The lowest BCUT2D eigenvalue weighted by Gasteiger charge is -2.31. The molecule has 0 amide bonds. The van der Waals surface area contributed by atoms with Gasteiger partial charge in [0.05, 0.1) is 6.61 Å². The van der Waals surface area contributed by atoms with Gasteiger partial charge < -0.3 is 4.74 Å². The van der Waals surface area contributed by atoms with E-state index in [9.17, 15) is 9.59 Å².